The molecule has 1 aliphatic heterocycles. The van der Waals surface area contributed by atoms with Gasteiger partial charge in [-0.3, -0.25) is 4.79 Å². The van der Waals surface area contributed by atoms with Gasteiger partial charge in [-0.25, -0.2) is 4.98 Å². The molecule has 1 N–H and O–H groups in total. The van der Waals surface area contributed by atoms with Crippen LogP contribution in [0.2, 0.25) is 10.0 Å². The number of hydrogen-bond donors (Lipinski definition) is 1. The van der Waals surface area contributed by atoms with E-state index in [0.717, 1.165) is 12.4 Å². The molecule has 1 saturated heterocycles. The first-order valence-corrected chi connectivity index (χ1v) is 8.37. The van der Waals surface area contributed by atoms with Crippen molar-refractivity contribution >= 4 is 41.5 Å². The fourth-order valence-electron chi connectivity index (χ4n) is 2.75. The van der Waals surface area contributed by atoms with Crippen molar-refractivity contribution in [3.63, 3.8) is 0 Å². The Hall–Kier alpha value is -1.47. The molecule has 1 fully saturated rings. The molecule has 1 aliphatic rings. The number of halogens is 3. The summed E-state index contributed by atoms with van der Waals surface area (Å²) in [6.45, 7) is 1.93. The molecule has 3 rings (SSSR count). The minimum atomic E-state index is -0.115. The maximum absolute atomic E-state index is 12.6. The Labute approximate surface area is 162 Å². The average molecular weight is 406 g/mol. The molecule has 1 aromatic carbocycles. The molecule has 0 saturated carbocycles. The highest BCUT2D eigenvalue weighted by Crippen LogP contribution is 2.28. The van der Waals surface area contributed by atoms with E-state index < -0.39 is 0 Å². The number of nitrogens with zero attached hydrogens (tertiary/aromatic N) is 3. The molecule has 9 heteroatoms. The Kier molecular flexibility index (Phi) is 6.95. The number of carbonyl (C=O) groups excluding carboxylic acids is 1. The van der Waals surface area contributed by atoms with Crippen LogP contribution < -0.4 is 10.1 Å². The van der Waals surface area contributed by atoms with E-state index >= 15 is 0 Å². The van der Waals surface area contributed by atoms with Crippen molar-refractivity contribution < 1.29 is 9.53 Å². The molecule has 0 bridgehead atoms. The van der Waals surface area contributed by atoms with E-state index in [4.69, 9.17) is 27.9 Å². The topological polar surface area (TPSA) is 59.4 Å². The molecule has 0 aliphatic carbocycles. The highest BCUT2D eigenvalue weighted by molar-refractivity contribution is 6.35. The molecule has 1 atom stereocenters. The van der Waals surface area contributed by atoms with Gasteiger partial charge in [0.25, 0.3) is 5.91 Å². The number of piperazine rings is 1. The molecule has 2 aromatic rings. The minimum Gasteiger partial charge on any atom is -0.482 e. The SMILES string of the molecule is Cl.Cn1ccnc1C1CNCCN1C(=O)COc1ccc(Cl)cc1Cl. The first-order valence-electron chi connectivity index (χ1n) is 7.61. The van der Waals surface area contributed by atoms with Gasteiger partial charge >= 0.3 is 0 Å². The smallest absolute Gasteiger partial charge is 0.261 e. The highest BCUT2D eigenvalue weighted by Gasteiger charge is 2.30. The first kappa shape index (κ1) is 19.8. The van der Waals surface area contributed by atoms with Gasteiger partial charge in [0.05, 0.1) is 5.02 Å². The predicted molar refractivity (Wildman–Crippen MR) is 99.7 cm³/mol. The quantitative estimate of drug-likeness (QED) is 0.850. The lowest BCUT2D eigenvalue weighted by Crippen LogP contribution is -2.50. The third-order valence-electron chi connectivity index (χ3n) is 3.97. The number of rotatable bonds is 4. The van der Waals surface area contributed by atoms with Gasteiger partial charge in [0, 0.05) is 44.1 Å². The lowest BCUT2D eigenvalue weighted by molar-refractivity contribution is -0.137. The second kappa shape index (κ2) is 8.76. The summed E-state index contributed by atoms with van der Waals surface area (Å²) in [6.07, 6.45) is 3.60. The molecule has 25 heavy (non-hydrogen) atoms. The fourth-order valence-corrected chi connectivity index (χ4v) is 3.21. The van der Waals surface area contributed by atoms with E-state index in [1.165, 1.54) is 0 Å². The monoisotopic (exact) mass is 404 g/mol. The number of ether oxygens (including phenoxy) is 1. The average Bonchev–Trinajstić information content (AvgIpc) is 2.99. The summed E-state index contributed by atoms with van der Waals surface area (Å²) in [6, 6.07) is 4.81. The summed E-state index contributed by atoms with van der Waals surface area (Å²) >= 11 is 11.9. The van der Waals surface area contributed by atoms with Gasteiger partial charge in [-0.2, -0.15) is 0 Å². The van der Waals surface area contributed by atoms with Crippen LogP contribution in [-0.4, -0.2) is 46.6 Å². The molecule has 6 nitrogen and oxygen atoms in total. The molecule has 136 valence electrons. The maximum atomic E-state index is 12.6. The summed E-state index contributed by atoms with van der Waals surface area (Å²) in [5.41, 5.74) is 0. The maximum Gasteiger partial charge on any atom is 0.261 e. The number of aromatic nitrogens is 2. The third-order valence-corrected chi connectivity index (χ3v) is 4.50. The van der Waals surface area contributed by atoms with Crippen molar-refractivity contribution in [2.24, 2.45) is 7.05 Å². The summed E-state index contributed by atoms with van der Waals surface area (Å²) in [4.78, 5) is 18.8. The van der Waals surface area contributed by atoms with Gasteiger partial charge in [0.15, 0.2) is 6.61 Å². The molecular weight excluding hydrogens is 387 g/mol. The zero-order valence-electron chi connectivity index (χ0n) is 13.6. The number of nitrogens with one attached hydrogen (secondary N) is 1. The van der Waals surface area contributed by atoms with E-state index in [0.29, 0.717) is 28.9 Å². The first-order chi connectivity index (χ1) is 11.6. The van der Waals surface area contributed by atoms with Gasteiger partial charge in [-0.05, 0) is 18.2 Å². The van der Waals surface area contributed by atoms with Crippen LogP contribution >= 0.6 is 35.6 Å². The Morgan fingerprint density at radius 3 is 2.92 bits per heavy atom. The van der Waals surface area contributed by atoms with Crippen molar-refractivity contribution in [1.29, 1.82) is 0 Å². The second-order valence-corrected chi connectivity index (χ2v) is 6.41. The molecule has 1 amide bonds. The third kappa shape index (κ3) is 4.58. The Morgan fingerprint density at radius 2 is 2.24 bits per heavy atom. The minimum absolute atomic E-state index is 0. The Morgan fingerprint density at radius 1 is 1.44 bits per heavy atom. The lowest BCUT2D eigenvalue weighted by atomic mass is 10.1. The number of benzene rings is 1. The number of carbonyl (C=O) groups is 1. The van der Waals surface area contributed by atoms with E-state index in [-0.39, 0.29) is 31.0 Å². The van der Waals surface area contributed by atoms with Gasteiger partial charge < -0.3 is 19.5 Å². The van der Waals surface area contributed by atoms with Crippen LogP contribution in [0.5, 0.6) is 5.75 Å². The van der Waals surface area contributed by atoms with Crippen LogP contribution in [0.25, 0.3) is 0 Å². The molecule has 0 spiro atoms. The van der Waals surface area contributed by atoms with Crippen molar-refractivity contribution in [1.82, 2.24) is 19.8 Å². The van der Waals surface area contributed by atoms with Crippen molar-refractivity contribution in [2.45, 2.75) is 6.04 Å². The van der Waals surface area contributed by atoms with E-state index in [9.17, 15) is 4.79 Å². The largest absolute Gasteiger partial charge is 0.482 e. The summed E-state index contributed by atoms with van der Waals surface area (Å²) < 4.78 is 7.50. The molecule has 1 unspecified atom stereocenters. The summed E-state index contributed by atoms with van der Waals surface area (Å²) in [5.74, 6) is 1.19. The van der Waals surface area contributed by atoms with Crippen molar-refractivity contribution in [3.8, 4) is 5.75 Å². The number of amides is 1. The van der Waals surface area contributed by atoms with Crippen LogP contribution in [0.1, 0.15) is 11.9 Å². The van der Waals surface area contributed by atoms with E-state index in [1.54, 1.807) is 29.3 Å². The van der Waals surface area contributed by atoms with Crippen molar-refractivity contribution in [3.05, 3.63) is 46.5 Å². The van der Waals surface area contributed by atoms with Gasteiger partial charge in [-0.1, -0.05) is 23.2 Å². The number of aryl methyl sites for hydroxylation is 1. The van der Waals surface area contributed by atoms with Crippen LogP contribution in [0.3, 0.4) is 0 Å². The van der Waals surface area contributed by atoms with E-state index in [1.807, 2.05) is 17.8 Å². The summed E-state index contributed by atoms with van der Waals surface area (Å²) in [5, 5.41) is 4.21. The van der Waals surface area contributed by atoms with Crippen LogP contribution in [0.15, 0.2) is 30.6 Å². The normalized spacial score (nSPS) is 17.1. The Balaban J connectivity index is 0.00000225. The number of hydrogen-bond acceptors (Lipinski definition) is 4. The Bertz CT molecular complexity index is 738. The van der Waals surface area contributed by atoms with Crippen LogP contribution in [0, 0.1) is 0 Å². The lowest BCUT2D eigenvalue weighted by Gasteiger charge is -2.35. The van der Waals surface area contributed by atoms with Crippen LogP contribution in [-0.2, 0) is 11.8 Å². The summed E-state index contributed by atoms with van der Waals surface area (Å²) in [7, 11) is 1.92. The van der Waals surface area contributed by atoms with Gasteiger partial charge in [0.1, 0.15) is 17.6 Å². The van der Waals surface area contributed by atoms with E-state index in [2.05, 4.69) is 10.3 Å². The van der Waals surface area contributed by atoms with Crippen LogP contribution in [0.4, 0.5) is 0 Å². The standard InChI is InChI=1S/C16H18Cl2N4O2.ClH/c1-21-6-5-20-16(21)13-9-19-4-7-22(13)15(23)10-24-14-3-2-11(17)8-12(14)18;/h2-3,5-6,8,13,19H,4,7,9-10H2,1H3;1H. The molecule has 0 radical (unpaired) electrons. The predicted octanol–water partition coefficient (Wildman–Crippen LogP) is 2.70. The molecule has 1 aromatic heterocycles. The molecule has 2 heterocycles. The van der Waals surface area contributed by atoms with Gasteiger partial charge in [-0.15, -0.1) is 12.4 Å². The zero-order valence-corrected chi connectivity index (χ0v) is 15.9. The zero-order chi connectivity index (χ0) is 17.1. The second-order valence-electron chi connectivity index (χ2n) is 5.57. The van der Waals surface area contributed by atoms with Crippen molar-refractivity contribution in [2.75, 3.05) is 26.2 Å². The highest BCUT2D eigenvalue weighted by atomic mass is 35.5. The number of imidazole rings is 1. The van der Waals surface area contributed by atoms with Gasteiger partial charge in [0.2, 0.25) is 0 Å². The fraction of sp³-hybridized carbons (Fsp3) is 0.375. The molecular formula is C16H19Cl3N4O2.